The van der Waals surface area contributed by atoms with Crippen molar-refractivity contribution in [3.8, 4) is 0 Å². The lowest BCUT2D eigenvalue weighted by molar-refractivity contribution is -0.151. The molecular weight excluding hydrogens is 1800 g/mol. The second kappa shape index (κ2) is 37.9. The lowest BCUT2D eigenvalue weighted by Gasteiger charge is -2.41. The van der Waals surface area contributed by atoms with E-state index in [-0.39, 0.29) is 129 Å². The van der Waals surface area contributed by atoms with Crippen LogP contribution in [0.2, 0.25) is 0 Å². The van der Waals surface area contributed by atoms with Crippen LogP contribution < -0.4 is 28.7 Å². The highest BCUT2D eigenvalue weighted by Gasteiger charge is 2.52. The Kier molecular flexibility index (Phi) is 31.5. The molecule has 10 N–H and O–H groups in total. The van der Waals surface area contributed by atoms with Crippen molar-refractivity contribution >= 4 is 135 Å². The molecule has 0 bridgehead atoms. The minimum Gasteiger partial charge on any atom is -0.386 e. The van der Waals surface area contributed by atoms with Gasteiger partial charge in [-0.1, -0.05) is 25.1 Å². The molecule has 21 nitrogen and oxygen atoms in total. The Labute approximate surface area is 749 Å². The van der Waals surface area contributed by atoms with Gasteiger partial charge in [0.1, 0.15) is 77.0 Å². The molecule has 5 aromatic carbocycles. The third-order valence-corrected chi connectivity index (χ3v) is 40.3. The fraction of sp³-hybridized carbons (Fsp3) is 0.505. The van der Waals surface area contributed by atoms with Gasteiger partial charge in [-0.3, -0.25) is 70.0 Å². The predicted octanol–water partition coefficient (Wildman–Crippen LogP) is 12.4. The van der Waals surface area contributed by atoms with E-state index in [4.69, 9.17) is 33.4 Å². The van der Waals surface area contributed by atoms with Gasteiger partial charge >= 0.3 is 6.18 Å². The van der Waals surface area contributed by atoms with Crippen LogP contribution in [-0.2, 0) is 136 Å². The van der Waals surface area contributed by atoms with Gasteiger partial charge in [0.15, 0.2) is 29.1 Å². The SMILES string of the molecule is C=S1(=O)C[C@@](C)(c2cc(CC(=O)C(F)F)cc(F)c2F)N=C(N)C1(C)C.C=S1(=O)C[C@@](C)(c2cc(CC(=O)CC(F)(F)F)cc(F)c2F)N=C(N)C1(C)C.C=S1(=O)C[C@@](C)(c2cc(CC(=O)CC)ccc2F)N=C(N)C1(C)C.C=S1(=O)C[C@@](C)(c2cc(CC(=O)CC3CC3)ccc2F)N=C(N)C1(C)C.C=S1(=O)C[C@@](C)(c2cc(CC(=O)COC)ccc2F)N=C(N)C1(C)C. The molecule has 1 fully saturated rings. The number of hydrogen-bond acceptors (Lipinski definition) is 21. The van der Waals surface area contributed by atoms with Crippen molar-refractivity contribution in [2.24, 2.45) is 59.5 Å². The maximum Gasteiger partial charge on any atom is 0.395 e. The Morgan fingerprint density at radius 3 is 0.907 bits per heavy atom. The molecule has 11 rings (SSSR count). The highest BCUT2D eigenvalue weighted by Crippen LogP contribution is 2.45. The molecule has 5 unspecified atom stereocenters. The number of rotatable bonds is 22. The molecule has 10 atom stereocenters. The number of nitrogens with zero attached hydrogens (tertiary/aromatic N) is 5. The Morgan fingerprint density at radius 2 is 0.651 bits per heavy atom. The van der Waals surface area contributed by atoms with Gasteiger partial charge in [0.25, 0.3) is 6.43 Å². The minimum absolute atomic E-state index is 0.00400. The highest BCUT2D eigenvalue weighted by atomic mass is 32.2. The molecule has 0 radical (unpaired) electrons. The standard InChI is InChI=1S/C20H27FN2O2S.C18H21F5N2O2S.C18H25FN2O3S.C18H25FN2O2S.C17H20F4N2O2S/c1-19(2)18(22)23-20(3,12-26(19,4)25)16-11-14(7-8-17(16)21)10-15(24)9-13-5-6-13;1-16(2)15(24)25-17(3,9-28(16,4)27)12-6-10(7-13(19)14(12)20)5-11(26)8-18(21,22)23;1-17(2)16(20)21-18(3,11-25(17,5)23)14-9-12(6-7-15(14)19)8-13(22)10-24-4;1-6-13(22)9-12-7-8-15(19)14(10-12)18(4)11-24(5,23)17(2,3)16(20)21-18;1-16(2)15(22)23-17(3,8-26(16,4)25)10-5-9(6-11(18)13(10)19)7-12(24)14(20)21/h7-8,11,13H,4-6,9-10,12H2,1-3H3,(H2,22,23);6-7H,4-5,8-9H2,1-3H3,(H2,24,25);6-7,9H,5,8,10-11H2,1-4H3,(H2,20,21);7-8,10H,5-6,9,11H2,1-4H3,(H2,20,21);5-6,14H,4,7-8H2,1-3H3,(H2,22,23)/t20-,26?;17-,28?;18-,25?;18-,24?;17-,26?/m00000/s1. The number of methoxy groups -OCH3 is 1. The number of hydrogen-bond donors (Lipinski definition) is 5. The van der Waals surface area contributed by atoms with Gasteiger partial charge in [-0.25, -0.2) is 39.5 Å². The van der Waals surface area contributed by atoms with E-state index in [1.807, 2.05) is 0 Å². The Morgan fingerprint density at radius 1 is 0.395 bits per heavy atom. The van der Waals surface area contributed by atoms with E-state index in [0.717, 1.165) is 30.5 Å². The number of benzene rings is 5. The fourth-order valence-corrected chi connectivity index (χ4v) is 24.6. The summed E-state index contributed by atoms with van der Waals surface area (Å²) in [4.78, 5) is 80.4. The summed E-state index contributed by atoms with van der Waals surface area (Å²) in [5, 5.41) is 0. The van der Waals surface area contributed by atoms with Gasteiger partial charge in [0.2, 0.25) is 5.78 Å². The monoisotopic (exact) mass is 1910 g/mol. The van der Waals surface area contributed by atoms with E-state index in [0.29, 0.717) is 53.1 Å². The first kappa shape index (κ1) is 107. The number of halogens is 12. The molecule has 38 heteroatoms. The number of Topliss-reactive ketones (excluding diaryl/α,β-unsaturated/α-hetero) is 5. The van der Waals surface area contributed by atoms with E-state index in [1.165, 1.54) is 39.2 Å². The molecule has 1 aliphatic carbocycles. The predicted molar refractivity (Wildman–Crippen MR) is 498 cm³/mol. The number of nitrogens with two attached hydrogens (primary N) is 5. The maximum atomic E-state index is 14.6. The highest BCUT2D eigenvalue weighted by molar-refractivity contribution is 8.03. The number of ether oxygens (including phenoxy) is 1. The first-order chi connectivity index (χ1) is 58.5. The number of aliphatic imine (C=N–C) groups is 5. The summed E-state index contributed by atoms with van der Waals surface area (Å²) < 4.78 is 228. The summed E-state index contributed by atoms with van der Waals surface area (Å²) in [5.41, 5.74) is 25.8. The van der Waals surface area contributed by atoms with Crippen molar-refractivity contribution in [2.45, 2.75) is 239 Å². The molecule has 0 saturated heterocycles. The van der Waals surface area contributed by atoms with Gasteiger partial charge < -0.3 is 33.4 Å². The molecule has 712 valence electrons. The zero-order chi connectivity index (χ0) is 98.5. The Balaban J connectivity index is 0.000000221. The van der Waals surface area contributed by atoms with Gasteiger partial charge in [-0.15, -0.1) is 0 Å². The number of carbonyl (C=O) groups excluding carboxylic acids is 5. The topological polar surface area (TPSA) is 372 Å². The van der Waals surface area contributed by atoms with E-state index in [9.17, 15) is 97.7 Å². The van der Waals surface area contributed by atoms with Crippen LogP contribution in [-0.4, -0.2) is 187 Å². The molecule has 0 spiro atoms. The summed E-state index contributed by atoms with van der Waals surface area (Å²) in [7, 11) is -12.2. The summed E-state index contributed by atoms with van der Waals surface area (Å²) in [6.07, 6.45) is -7.16. The Bertz CT molecular complexity index is 6070. The number of carbonyl (C=O) groups is 5. The summed E-state index contributed by atoms with van der Waals surface area (Å²) in [5.74, 6) is 10.9. The van der Waals surface area contributed by atoms with E-state index in [2.05, 4.69) is 54.3 Å². The van der Waals surface area contributed by atoms with Crippen LogP contribution in [0, 0.1) is 46.6 Å². The molecule has 129 heavy (non-hydrogen) atoms. The van der Waals surface area contributed by atoms with Crippen LogP contribution >= 0.6 is 0 Å². The van der Waals surface area contributed by atoms with E-state index >= 15 is 0 Å². The third kappa shape index (κ3) is 23.6. The average molecular weight is 1920 g/mol. The van der Waals surface area contributed by atoms with Crippen LogP contribution in [0.15, 0.2) is 104 Å². The van der Waals surface area contributed by atoms with Crippen molar-refractivity contribution in [3.63, 3.8) is 0 Å². The first-order valence-corrected chi connectivity index (χ1v) is 50.3. The van der Waals surface area contributed by atoms with Crippen molar-refractivity contribution in [2.75, 3.05) is 42.5 Å². The quantitative estimate of drug-likeness (QED) is 0.0317. The third-order valence-electron chi connectivity index (χ3n) is 24.8. The Hall–Kier alpha value is -8.98. The van der Waals surface area contributed by atoms with Gasteiger partial charge in [0, 0.05) is 109 Å². The number of amidine groups is 5. The van der Waals surface area contributed by atoms with Crippen LogP contribution in [0.5, 0.6) is 0 Å². The van der Waals surface area contributed by atoms with Gasteiger partial charge in [0.05, 0.1) is 51.4 Å². The largest absolute Gasteiger partial charge is 0.395 e. The zero-order valence-corrected chi connectivity index (χ0v) is 79.8. The molecule has 6 aliphatic rings. The van der Waals surface area contributed by atoms with Crippen molar-refractivity contribution in [1.29, 1.82) is 0 Å². The molecule has 0 aromatic heterocycles. The van der Waals surface area contributed by atoms with Crippen LogP contribution in [0.1, 0.15) is 199 Å². The number of alkyl halides is 5. The van der Waals surface area contributed by atoms with Crippen LogP contribution in [0.3, 0.4) is 0 Å². The molecule has 0 amide bonds. The van der Waals surface area contributed by atoms with Crippen LogP contribution in [0.4, 0.5) is 52.7 Å². The summed E-state index contributed by atoms with van der Waals surface area (Å²) in [6.45, 7) is 26.5. The fourth-order valence-electron chi connectivity index (χ4n) is 15.1. The minimum atomic E-state index is -4.70. The second-order valence-electron chi connectivity index (χ2n) is 37.5. The van der Waals surface area contributed by atoms with Crippen molar-refractivity contribution < 1.29 is 102 Å². The average Bonchev–Trinajstić information content (AvgIpc) is 1.07. The molecule has 1 saturated carbocycles. The number of ketones is 5. The maximum absolute atomic E-state index is 14.6. The van der Waals surface area contributed by atoms with E-state index < -0.39 is 183 Å². The summed E-state index contributed by atoms with van der Waals surface area (Å²) >= 11 is 0. The van der Waals surface area contributed by atoms with Crippen molar-refractivity contribution in [1.82, 2.24) is 0 Å². The molecular formula is C91H118F12N10O11S5. The van der Waals surface area contributed by atoms with Crippen LogP contribution in [0.25, 0.3) is 0 Å². The summed E-state index contributed by atoms with van der Waals surface area (Å²) in [6, 6.07) is 17.2. The van der Waals surface area contributed by atoms with Gasteiger partial charge in [-0.05, 0) is 288 Å². The van der Waals surface area contributed by atoms with Gasteiger partial charge in [-0.2, -0.15) is 13.2 Å². The normalized spacial score (nSPS) is 28.7. The lowest BCUT2D eigenvalue weighted by Crippen LogP contribution is -2.54. The molecule has 5 aromatic rings. The smallest absolute Gasteiger partial charge is 0.386 e. The van der Waals surface area contributed by atoms with E-state index in [1.54, 1.807) is 133 Å². The molecule has 5 heterocycles. The second-order valence-corrected chi connectivity index (χ2v) is 52.2. The first-order valence-electron chi connectivity index (χ1n) is 40.8. The lowest BCUT2D eigenvalue weighted by atomic mass is 9.90. The zero-order valence-electron chi connectivity index (χ0n) is 75.7. The molecule has 5 aliphatic heterocycles. The van der Waals surface area contributed by atoms with Crippen molar-refractivity contribution in [3.05, 3.63) is 175 Å².